The van der Waals surface area contributed by atoms with Crippen LogP contribution in [0.2, 0.25) is 0 Å². The van der Waals surface area contributed by atoms with Gasteiger partial charge in [0.05, 0.1) is 6.04 Å². The Balaban J connectivity index is 2.16. The first-order chi connectivity index (χ1) is 12.5. The quantitative estimate of drug-likeness (QED) is 0.554. The second kappa shape index (κ2) is 8.31. The monoisotopic (exact) mass is 375 g/mol. The number of amides is 1. The molecule has 0 fully saturated rings. The van der Waals surface area contributed by atoms with Gasteiger partial charge >= 0.3 is 6.09 Å². The molecule has 2 aromatic carbocycles. The number of carbonyl (C=O) groups excluding carboxylic acids is 1. The lowest BCUT2D eigenvalue weighted by molar-refractivity contribution is -0.106. The Bertz CT molecular complexity index is 826. The second-order valence-corrected chi connectivity index (χ2v) is 7.20. The highest BCUT2D eigenvalue weighted by atomic mass is 19.1. The van der Waals surface area contributed by atoms with Crippen molar-refractivity contribution in [2.45, 2.75) is 39.3 Å². The van der Waals surface area contributed by atoms with Gasteiger partial charge in [0.1, 0.15) is 17.2 Å². The molecule has 1 unspecified atom stereocenters. The van der Waals surface area contributed by atoms with E-state index >= 15 is 0 Å². The van der Waals surface area contributed by atoms with Crippen LogP contribution in [-0.4, -0.2) is 28.0 Å². The third-order valence-electron chi connectivity index (χ3n) is 3.63. The van der Waals surface area contributed by atoms with E-state index in [1.165, 1.54) is 24.3 Å². The van der Waals surface area contributed by atoms with Gasteiger partial charge in [-0.3, -0.25) is 5.21 Å². The summed E-state index contributed by atoms with van der Waals surface area (Å²) in [6.45, 7) is 6.69. The van der Waals surface area contributed by atoms with Crippen molar-refractivity contribution < 1.29 is 23.5 Å². The van der Waals surface area contributed by atoms with Crippen LogP contribution in [0.5, 0.6) is 0 Å². The van der Waals surface area contributed by atoms with Crippen molar-refractivity contribution in [2.75, 3.05) is 0 Å². The van der Waals surface area contributed by atoms with Crippen molar-refractivity contribution in [3.05, 3.63) is 65.7 Å². The average molecular weight is 375 g/mol. The molecule has 0 aliphatic carbocycles. The third-order valence-corrected chi connectivity index (χ3v) is 3.63. The molecule has 0 aliphatic heterocycles. The molecule has 0 aromatic heterocycles. The zero-order valence-corrected chi connectivity index (χ0v) is 15.7. The Kier molecular flexibility index (Phi) is 6.33. The molecule has 0 radical (unpaired) electrons. The first-order valence-corrected chi connectivity index (χ1v) is 8.51. The van der Waals surface area contributed by atoms with Gasteiger partial charge in [-0.05, 0) is 74.7 Å². The molecule has 1 atom stereocenters. The summed E-state index contributed by atoms with van der Waals surface area (Å²) in [7, 11) is 0. The number of nitrogens with zero attached hydrogens (tertiary/aromatic N) is 1. The molecule has 0 heterocycles. The minimum absolute atomic E-state index is 0.366. The Morgan fingerprint density at radius 1 is 1.07 bits per heavy atom. The number of carbonyl (C=O) groups is 1. The van der Waals surface area contributed by atoms with Crippen LogP contribution < -0.4 is 0 Å². The van der Waals surface area contributed by atoms with E-state index in [0.717, 1.165) is 0 Å². The Morgan fingerprint density at radius 3 is 2.30 bits per heavy atom. The molecule has 0 bridgehead atoms. The second-order valence-electron chi connectivity index (χ2n) is 7.20. The number of benzene rings is 2. The summed E-state index contributed by atoms with van der Waals surface area (Å²) < 4.78 is 32.1. The van der Waals surface area contributed by atoms with Gasteiger partial charge in [-0.15, -0.1) is 0 Å². The van der Waals surface area contributed by atoms with E-state index in [2.05, 4.69) is 0 Å². The average Bonchev–Trinajstić information content (AvgIpc) is 2.57. The molecule has 0 aliphatic rings. The predicted molar refractivity (Wildman–Crippen MR) is 100 cm³/mol. The van der Waals surface area contributed by atoms with Gasteiger partial charge < -0.3 is 4.74 Å². The van der Waals surface area contributed by atoms with Crippen molar-refractivity contribution >= 4 is 12.2 Å². The fourth-order valence-corrected chi connectivity index (χ4v) is 2.32. The summed E-state index contributed by atoms with van der Waals surface area (Å²) >= 11 is 0. The minimum atomic E-state index is -0.870. The molecule has 0 saturated heterocycles. The van der Waals surface area contributed by atoms with E-state index in [1.54, 1.807) is 58.0 Å². The lowest BCUT2D eigenvalue weighted by Gasteiger charge is -2.25. The normalized spacial score (nSPS) is 12.9. The summed E-state index contributed by atoms with van der Waals surface area (Å²) in [6.07, 6.45) is 2.27. The van der Waals surface area contributed by atoms with E-state index in [1.807, 2.05) is 0 Å². The lowest BCUT2D eigenvalue weighted by Crippen LogP contribution is -2.39. The molecule has 144 valence electrons. The van der Waals surface area contributed by atoms with Gasteiger partial charge in [0, 0.05) is 0 Å². The first-order valence-electron chi connectivity index (χ1n) is 8.51. The molecule has 0 saturated carbocycles. The number of ether oxygens (including phenoxy) is 1. The van der Waals surface area contributed by atoms with Crippen LogP contribution in [0.15, 0.2) is 48.5 Å². The maximum Gasteiger partial charge on any atom is 0.434 e. The van der Waals surface area contributed by atoms with Crippen LogP contribution in [0.3, 0.4) is 0 Å². The van der Waals surface area contributed by atoms with Gasteiger partial charge in [-0.25, -0.2) is 13.6 Å². The van der Waals surface area contributed by atoms with Gasteiger partial charge in [-0.2, -0.15) is 5.06 Å². The van der Waals surface area contributed by atoms with Crippen LogP contribution in [0, 0.1) is 11.6 Å². The number of hydrogen-bond acceptors (Lipinski definition) is 3. The Labute approximate surface area is 157 Å². The zero-order chi connectivity index (χ0) is 20.2. The summed E-state index contributed by atoms with van der Waals surface area (Å²) in [5, 5.41) is 10.4. The molecule has 6 heteroatoms. The van der Waals surface area contributed by atoms with Crippen molar-refractivity contribution in [2.24, 2.45) is 0 Å². The molecule has 0 spiro atoms. The predicted octanol–water partition coefficient (Wildman–Crippen LogP) is 5.66. The van der Waals surface area contributed by atoms with Gasteiger partial charge in [-0.1, -0.05) is 24.3 Å². The zero-order valence-electron chi connectivity index (χ0n) is 15.7. The molecular weight excluding hydrogens is 352 g/mol. The first kappa shape index (κ1) is 20.6. The topological polar surface area (TPSA) is 49.8 Å². The van der Waals surface area contributed by atoms with Gasteiger partial charge in [0.15, 0.2) is 0 Å². The lowest BCUT2D eigenvalue weighted by atomic mass is 10.0. The van der Waals surface area contributed by atoms with Crippen molar-refractivity contribution in [1.29, 1.82) is 0 Å². The highest BCUT2D eigenvalue weighted by molar-refractivity contribution is 5.69. The Morgan fingerprint density at radius 2 is 1.70 bits per heavy atom. The smallest absolute Gasteiger partial charge is 0.434 e. The van der Waals surface area contributed by atoms with Crippen molar-refractivity contribution in [3.8, 4) is 11.1 Å². The maximum atomic E-state index is 13.9. The molecule has 2 aromatic rings. The van der Waals surface area contributed by atoms with Crippen LogP contribution in [0.1, 0.15) is 33.3 Å². The van der Waals surface area contributed by atoms with Crippen molar-refractivity contribution in [1.82, 2.24) is 5.06 Å². The van der Waals surface area contributed by atoms with Crippen LogP contribution in [-0.2, 0) is 4.74 Å². The summed E-state index contributed by atoms with van der Waals surface area (Å²) in [6, 6.07) is 9.48. The van der Waals surface area contributed by atoms with E-state index in [9.17, 15) is 18.8 Å². The largest absolute Gasteiger partial charge is 0.442 e. The molecule has 4 nitrogen and oxygen atoms in total. The molecule has 2 rings (SSSR count). The Hall–Kier alpha value is -2.73. The fraction of sp³-hybridized carbons (Fsp3) is 0.286. The number of hydrogen-bond donors (Lipinski definition) is 1. The van der Waals surface area contributed by atoms with E-state index in [-0.39, 0.29) is 5.82 Å². The van der Waals surface area contributed by atoms with Gasteiger partial charge in [0.2, 0.25) is 0 Å². The summed E-state index contributed by atoms with van der Waals surface area (Å²) in [4.78, 5) is 11.9. The number of halogens is 2. The van der Waals surface area contributed by atoms with E-state index < -0.39 is 23.6 Å². The van der Waals surface area contributed by atoms with Crippen LogP contribution in [0.25, 0.3) is 17.2 Å². The van der Waals surface area contributed by atoms with Crippen LogP contribution >= 0.6 is 0 Å². The minimum Gasteiger partial charge on any atom is -0.442 e. The van der Waals surface area contributed by atoms with E-state index in [4.69, 9.17) is 4.74 Å². The van der Waals surface area contributed by atoms with Crippen molar-refractivity contribution in [3.63, 3.8) is 0 Å². The highest BCUT2D eigenvalue weighted by Gasteiger charge is 2.23. The van der Waals surface area contributed by atoms with Gasteiger partial charge in [0.25, 0.3) is 0 Å². The third kappa shape index (κ3) is 6.18. The molecule has 27 heavy (non-hydrogen) atoms. The standard InChI is InChI=1S/C21H23F2NO3/c1-14(24(26)20(25)27-21(2,3)4)5-6-15-11-17(13-19(23)12-15)16-7-9-18(22)10-8-16/h5-14,26H,1-4H3/b6-5+. The number of hydroxylamine groups is 2. The molecule has 1 amide bonds. The molecular formula is C21H23F2NO3. The summed E-state index contributed by atoms with van der Waals surface area (Å²) in [5.74, 6) is -0.814. The summed E-state index contributed by atoms with van der Waals surface area (Å²) in [5.41, 5.74) is 1.08. The maximum absolute atomic E-state index is 13.9. The number of rotatable bonds is 4. The fourth-order valence-electron chi connectivity index (χ4n) is 2.32. The van der Waals surface area contributed by atoms with Crippen LogP contribution in [0.4, 0.5) is 13.6 Å². The van der Waals surface area contributed by atoms with E-state index in [0.29, 0.717) is 21.8 Å². The highest BCUT2D eigenvalue weighted by Crippen LogP contribution is 2.23. The molecule has 1 N–H and O–H groups in total. The SMILES string of the molecule is CC(/C=C/c1cc(F)cc(-c2ccc(F)cc2)c1)N(O)C(=O)OC(C)(C)C.